The summed E-state index contributed by atoms with van der Waals surface area (Å²) in [5, 5.41) is 11.9. The van der Waals surface area contributed by atoms with Crippen LogP contribution in [0.1, 0.15) is 42.5 Å². The average Bonchev–Trinajstić information content (AvgIpc) is 2.46. The summed E-state index contributed by atoms with van der Waals surface area (Å²) in [6.07, 6.45) is 4.76. The van der Waals surface area contributed by atoms with E-state index in [0.29, 0.717) is 0 Å². The summed E-state index contributed by atoms with van der Waals surface area (Å²) in [4.78, 5) is 23.4. The molecule has 20 heavy (non-hydrogen) atoms. The molecule has 0 radical (unpaired) electrons. The van der Waals surface area contributed by atoms with Gasteiger partial charge in [-0.3, -0.25) is 4.79 Å². The van der Waals surface area contributed by atoms with Gasteiger partial charge in [0.15, 0.2) is 0 Å². The molecule has 5 heteroatoms. The predicted molar refractivity (Wildman–Crippen MR) is 71.9 cm³/mol. The van der Waals surface area contributed by atoms with Crippen LogP contribution in [0, 0.1) is 11.7 Å². The average molecular weight is 279 g/mol. The summed E-state index contributed by atoms with van der Waals surface area (Å²) in [6, 6.07) is 4.21. The van der Waals surface area contributed by atoms with Crippen LogP contribution < -0.4 is 5.32 Å². The van der Waals surface area contributed by atoms with Crippen molar-refractivity contribution in [1.29, 1.82) is 0 Å². The van der Waals surface area contributed by atoms with Gasteiger partial charge in [0, 0.05) is 5.56 Å². The van der Waals surface area contributed by atoms with Crippen molar-refractivity contribution in [3.8, 4) is 0 Å². The molecule has 1 atom stereocenters. The second-order valence-electron chi connectivity index (χ2n) is 5.19. The highest BCUT2D eigenvalue weighted by Crippen LogP contribution is 2.26. The first kappa shape index (κ1) is 14.5. The molecule has 1 aliphatic rings. The van der Waals surface area contributed by atoms with Gasteiger partial charge >= 0.3 is 5.97 Å². The number of benzene rings is 1. The van der Waals surface area contributed by atoms with Crippen molar-refractivity contribution in [1.82, 2.24) is 5.32 Å². The van der Waals surface area contributed by atoms with Crippen LogP contribution in [0.25, 0.3) is 0 Å². The molecule has 108 valence electrons. The molecule has 2 rings (SSSR count). The van der Waals surface area contributed by atoms with Gasteiger partial charge in [0.2, 0.25) is 0 Å². The number of nitrogens with one attached hydrogen (secondary N) is 1. The molecule has 1 aromatic carbocycles. The summed E-state index contributed by atoms with van der Waals surface area (Å²) >= 11 is 0. The lowest BCUT2D eigenvalue weighted by Crippen LogP contribution is -2.46. The van der Waals surface area contributed by atoms with Crippen LogP contribution >= 0.6 is 0 Å². The third-order valence-corrected chi connectivity index (χ3v) is 3.78. The molecule has 0 saturated heterocycles. The molecule has 1 fully saturated rings. The highest BCUT2D eigenvalue weighted by atomic mass is 19.1. The maximum absolute atomic E-state index is 12.8. The molecule has 0 spiro atoms. The Kier molecular flexibility index (Phi) is 4.71. The van der Waals surface area contributed by atoms with Crippen molar-refractivity contribution in [3.63, 3.8) is 0 Å². The molecule has 0 bridgehead atoms. The van der Waals surface area contributed by atoms with Gasteiger partial charge in [-0.25, -0.2) is 9.18 Å². The number of halogens is 1. The number of aliphatic carboxylic acids is 1. The molecular formula is C15H18FNO3. The number of hydrogen-bond donors (Lipinski definition) is 2. The molecule has 0 heterocycles. The smallest absolute Gasteiger partial charge is 0.326 e. The Balaban J connectivity index is 2.05. The van der Waals surface area contributed by atoms with E-state index >= 15 is 0 Å². The lowest BCUT2D eigenvalue weighted by atomic mass is 9.84. The Morgan fingerprint density at radius 3 is 2.30 bits per heavy atom. The lowest BCUT2D eigenvalue weighted by Gasteiger charge is -2.28. The van der Waals surface area contributed by atoms with Gasteiger partial charge in [-0.1, -0.05) is 19.3 Å². The highest BCUT2D eigenvalue weighted by Gasteiger charge is 2.30. The van der Waals surface area contributed by atoms with Gasteiger partial charge in [0.1, 0.15) is 11.9 Å². The minimum Gasteiger partial charge on any atom is -0.480 e. The number of hydrogen-bond acceptors (Lipinski definition) is 2. The number of carboxylic acids is 1. The standard InChI is InChI=1S/C15H18FNO3/c16-12-8-6-11(7-9-12)14(18)17-13(15(19)20)10-4-2-1-3-5-10/h6-10,13H,1-5H2,(H,17,18)(H,19,20)/t13-/m1/s1. The zero-order valence-electron chi connectivity index (χ0n) is 11.1. The minimum atomic E-state index is -1.01. The summed E-state index contributed by atoms with van der Waals surface area (Å²) in [5.74, 6) is -1.93. The van der Waals surface area contributed by atoms with E-state index in [9.17, 15) is 19.1 Å². The monoisotopic (exact) mass is 279 g/mol. The molecule has 1 amide bonds. The number of amides is 1. The Morgan fingerprint density at radius 1 is 1.15 bits per heavy atom. The maximum Gasteiger partial charge on any atom is 0.326 e. The molecule has 4 nitrogen and oxygen atoms in total. The van der Waals surface area contributed by atoms with Gasteiger partial charge < -0.3 is 10.4 Å². The first-order valence-corrected chi connectivity index (χ1v) is 6.87. The molecule has 1 aliphatic carbocycles. The van der Waals surface area contributed by atoms with Crippen molar-refractivity contribution >= 4 is 11.9 Å². The first-order chi connectivity index (χ1) is 9.58. The SMILES string of the molecule is O=C(N[C@@H](C(=O)O)C1CCCCC1)c1ccc(F)cc1. The third kappa shape index (κ3) is 3.56. The van der Waals surface area contributed by atoms with Gasteiger partial charge in [0.05, 0.1) is 0 Å². The minimum absolute atomic E-state index is 0.0225. The van der Waals surface area contributed by atoms with Crippen molar-refractivity contribution < 1.29 is 19.1 Å². The van der Waals surface area contributed by atoms with E-state index in [1.807, 2.05) is 0 Å². The summed E-state index contributed by atoms with van der Waals surface area (Å²) in [5.41, 5.74) is 0.272. The van der Waals surface area contributed by atoms with Crippen LogP contribution in [0.15, 0.2) is 24.3 Å². The fourth-order valence-corrected chi connectivity index (χ4v) is 2.67. The third-order valence-electron chi connectivity index (χ3n) is 3.78. The predicted octanol–water partition coefficient (Wildman–Crippen LogP) is 2.59. The Morgan fingerprint density at radius 2 is 1.75 bits per heavy atom. The van der Waals surface area contributed by atoms with E-state index in [4.69, 9.17) is 0 Å². The van der Waals surface area contributed by atoms with E-state index in [1.165, 1.54) is 24.3 Å². The van der Waals surface area contributed by atoms with E-state index < -0.39 is 23.7 Å². The van der Waals surface area contributed by atoms with Gasteiger partial charge in [0.25, 0.3) is 5.91 Å². The lowest BCUT2D eigenvalue weighted by molar-refractivity contribution is -0.141. The topological polar surface area (TPSA) is 66.4 Å². The normalized spacial score (nSPS) is 17.4. The number of carbonyl (C=O) groups excluding carboxylic acids is 1. The largest absolute Gasteiger partial charge is 0.480 e. The molecule has 0 aromatic heterocycles. The summed E-state index contributed by atoms with van der Waals surface area (Å²) in [7, 11) is 0. The Hall–Kier alpha value is -1.91. The van der Waals surface area contributed by atoms with E-state index in [2.05, 4.69) is 5.32 Å². The van der Waals surface area contributed by atoms with E-state index in [0.717, 1.165) is 32.1 Å². The second kappa shape index (κ2) is 6.50. The van der Waals surface area contributed by atoms with Gasteiger partial charge in [-0.2, -0.15) is 0 Å². The zero-order valence-corrected chi connectivity index (χ0v) is 11.1. The van der Waals surface area contributed by atoms with E-state index in [-0.39, 0.29) is 11.5 Å². The van der Waals surface area contributed by atoms with Crippen LogP contribution in [0.3, 0.4) is 0 Å². The van der Waals surface area contributed by atoms with Crippen LogP contribution in [-0.4, -0.2) is 23.0 Å². The Labute approximate surface area is 117 Å². The van der Waals surface area contributed by atoms with Crippen LogP contribution in [-0.2, 0) is 4.79 Å². The highest BCUT2D eigenvalue weighted by molar-refractivity contribution is 5.96. The zero-order chi connectivity index (χ0) is 14.5. The summed E-state index contributed by atoms with van der Waals surface area (Å²) in [6.45, 7) is 0. The number of carbonyl (C=O) groups is 2. The first-order valence-electron chi connectivity index (χ1n) is 6.87. The van der Waals surface area contributed by atoms with Crippen LogP contribution in [0.5, 0.6) is 0 Å². The van der Waals surface area contributed by atoms with Crippen molar-refractivity contribution in [2.75, 3.05) is 0 Å². The number of carboxylic acid groups (broad SMARTS) is 1. The van der Waals surface area contributed by atoms with E-state index in [1.54, 1.807) is 0 Å². The van der Waals surface area contributed by atoms with Crippen LogP contribution in [0.2, 0.25) is 0 Å². The molecule has 1 saturated carbocycles. The van der Waals surface area contributed by atoms with Gasteiger partial charge in [-0.05, 0) is 43.0 Å². The quantitative estimate of drug-likeness (QED) is 0.890. The second-order valence-corrected chi connectivity index (χ2v) is 5.19. The van der Waals surface area contributed by atoms with Crippen molar-refractivity contribution in [3.05, 3.63) is 35.6 Å². The fraction of sp³-hybridized carbons (Fsp3) is 0.467. The number of rotatable bonds is 4. The summed E-state index contributed by atoms with van der Waals surface area (Å²) < 4.78 is 12.8. The molecule has 0 unspecified atom stereocenters. The van der Waals surface area contributed by atoms with Crippen LogP contribution in [0.4, 0.5) is 4.39 Å². The molecular weight excluding hydrogens is 261 g/mol. The van der Waals surface area contributed by atoms with Gasteiger partial charge in [-0.15, -0.1) is 0 Å². The van der Waals surface area contributed by atoms with Crippen molar-refractivity contribution in [2.45, 2.75) is 38.1 Å². The van der Waals surface area contributed by atoms with Crippen molar-refractivity contribution in [2.24, 2.45) is 5.92 Å². The molecule has 1 aromatic rings. The maximum atomic E-state index is 12.8. The Bertz CT molecular complexity index is 480. The molecule has 0 aliphatic heterocycles. The molecule has 2 N–H and O–H groups in total. The fourth-order valence-electron chi connectivity index (χ4n) is 2.67.